The van der Waals surface area contributed by atoms with Crippen LogP contribution in [0.1, 0.15) is 49.9 Å². The summed E-state index contributed by atoms with van der Waals surface area (Å²) >= 11 is 3.51. The summed E-state index contributed by atoms with van der Waals surface area (Å²) in [5.74, 6) is 0.111. The lowest BCUT2D eigenvalue weighted by molar-refractivity contribution is 0.101. The zero-order valence-corrected chi connectivity index (χ0v) is 12.7. The van der Waals surface area contributed by atoms with Crippen LogP contribution in [-0.2, 0) is 0 Å². The lowest BCUT2D eigenvalue weighted by atomic mass is 10.1. The molecule has 1 aliphatic rings. The van der Waals surface area contributed by atoms with Gasteiger partial charge in [-0.15, -0.1) is 0 Å². The highest BCUT2D eigenvalue weighted by Gasteiger charge is 2.29. The van der Waals surface area contributed by atoms with E-state index in [4.69, 9.17) is 0 Å². The Bertz CT molecular complexity index is 440. The molecule has 0 unspecified atom stereocenters. The number of unbranched alkanes of at least 4 members (excludes halogenated alkanes) is 1. The minimum atomic E-state index is 0.111. The molecule has 0 aliphatic heterocycles. The highest BCUT2D eigenvalue weighted by molar-refractivity contribution is 9.10. The van der Waals surface area contributed by atoms with Gasteiger partial charge >= 0.3 is 0 Å². The molecule has 2 nitrogen and oxygen atoms in total. The highest BCUT2D eigenvalue weighted by atomic mass is 79.9. The number of Topliss-reactive ketones (excluding diaryl/α,β-unsaturated/α-hetero) is 1. The van der Waals surface area contributed by atoms with Gasteiger partial charge in [0.2, 0.25) is 0 Å². The Morgan fingerprint density at radius 1 is 1.44 bits per heavy atom. The summed E-state index contributed by atoms with van der Waals surface area (Å²) in [6.45, 7) is 4.95. The second-order valence-electron chi connectivity index (χ2n) is 5.00. The molecule has 98 valence electrons. The van der Waals surface area contributed by atoms with E-state index in [1.54, 1.807) is 6.92 Å². The number of carbonyl (C=O) groups is 1. The van der Waals surface area contributed by atoms with Crippen molar-refractivity contribution < 1.29 is 4.79 Å². The van der Waals surface area contributed by atoms with E-state index in [0.717, 1.165) is 16.6 Å². The standard InChI is InChI=1S/C15H20BrNO/c1-3-4-9-17(12-5-6-12)13-7-8-14(11(2)18)15(16)10-13/h7-8,10,12H,3-6,9H2,1-2H3. The van der Waals surface area contributed by atoms with Crippen molar-refractivity contribution in [2.24, 2.45) is 0 Å². The zero-order valence-electron chi connectivity index (χ0n) is 11.1. The Kier molecular flexibility index (Phi) is 4.44. The first-order valence-corrected chi connectivity index (χ1v) is 7.50. The van der Waals surface area contributed by atoms with Crippen molar-refractivity contribution >= 4 is 27.4 Å². The maximum atomic E-state index is 11.4. The van der Waals surface area contributed by atoms with Crippen LogP contribution >= 0.6 is 15.9 Å². The van der Waals surface area contributed by atoms with Gasteiger partial charge in [0.1, 0.15) is 0 Å². The van der Waals surface area contributed by atoms with Crippen LogP contribution in [0, 0.1) is 0 Å². The number of benzene rings is 1. The maximum absolute atomic E-state index is 11.4. The molecule has 0 heterocycles. The zero-order chi connectivity index (χ0) is 13.1. The third kappa shape index (κ3) is 3.14. The van der Waals surface area contributed by atoms with E-state index in [-0.39, 0.29) is 5.78 Å². The molecule has 0 saturated heterocycles. The Labute approximate surface area is 117 Å². The minimum Gasteiger partial charge on any atom is -0.369 e. The van der Waals surface area contributed by atoms with E-state index in [2.05, 4.69) is 39.9 Å². The van der Waals surface area contributed by atoms with Crippen molar-refractivity contribution in [2.75, 3.05) is 11.4 Å². The molecule has 3 heteroatoms. The Hall–Kier alpha value is -0.830. The normalized spacial score (nSPS) is 14.6. The summed E-state index contributed by atoms with van der Waals surface area (Å²) in [6, 6.07) is 6.81. The first-order chi connectivity index (χ1) is 8.63. The SMILES string of the molecule is CCCCN(c1ccc(C(C)=O)c(Br)c1)C1CC1. The van der Waals surface area contributed by atoms with E-state index in [1.807, 2.05) is 6.07 Å². The third-order valence-corrected chi connectivity index (χ3v) is 4.06. The smallest absolute Gasteiger partial charge is 0.160 e. The highest BCUT2D eigenvalue weighted by Crippen LogP contribution is 2.34. The van der Waals surface area contributed by atoms with Crippen LogP contribution in [0.4, 0.5) is 5.69 Å². The van der Waals surface area contributed by atoms with Gasteiger partial charge in [0.15, 0.2) is 5.78 Å². The van der Waals surface area contributed by atoms with Crippen molar-refractivity contribution in [1.29, 1.82) is 0 Å². The molecule has 1 aliphatic carbocycles. The second kappa shape index (κ2) is 5.87. The van der Waals surface area contributed by atoms with Crippen molar-refractivity contribution in [3.05, 3.63) is 28.2 Å². The maximum Gasteiger partial charge on any atom is 0.160 e. The second-order valence-corrected chi connectivity index (χ2v) is 5.85. The number of nitrogens with zero attached hydrogens (tertiary/aromatic N) is 1. The fourth-order valence-electron chi connectivity index (χ4n) is 2.21. The number of rotatable bonds is 6. The first-order valence-electron chi connectivity index (χ1n) is 6.70. The van der Waals surface area contributed by atoms with Gasteiger partial charge in [0, 0.05) is 28.3 Å². The number of anilines is 1. The van der Waals surface area contributed by atoms with E-state index in [0.29, 0.717) is 6.04 Å². The Balaban J connectivity index is 2.19. The largest absolute Gasteiger partial charge is 0.369 e. The molecule has 1 aromatic carbocycles. The van der Waals surface area contributed by atoms with Crippen molar-refractivity contribution in [1.82, 2.24) is 0 Å². The first kappa shape index (κ1) is 13.6. The number of hydrogen-bond acceptors (Lipinski definition) is 2. The summed E-state index contributed by atoms with van der Waals surface area (Å²) in [5, 5.41) is 0. The molecule has 0 atom stereocenters. The van der Waals surface area contributed by atoms with Gasteiger partial charge < -0.3 is 4.90 Å². The van der Waals surface area contributed by atoms with Crippen LogP contribution in [0.2, 0.25) is 0 Å². The monoisotopic (exact) mass is 309 g/mol. The van der Waals surface area contributed by atoms with Crippen molar-refractivity contribution in [2.45, 2.75) is 45.6 Å². The molecule has 0 bridgehead atoms. The fourth-order valence-corrected chi connectivity index (χ4v) is 2.85. The van der Waals surface area contributed by atoms with Crippen LogP contribution in [0.25, 0.3) is 0 Å². The lowest BCUT2D eigenvalue weighted by Gasteiger charge is -2.25. The molecular formula is C15H20BrNO. The summed E-state index contributed by atoms with van der Waals surface area (Å²) in [5.41, 5.74) is 2.01. The molecule has 0 radical (unpaired) electrons. The average Bonchev–Trinajstić information content (AvgIpc) is 3.13. The summed E-state index contributed by atoms with van der Waals surface area (Å²) in [6.07, 6.45) is 5.05. The van der Waals surface area contributed by atoms with E-state index in [9.17, 15) is 4.79 Å². The van der Waals surface area contributed by atoms with Crippen LogP contribution in [0.5, 0.6) is 0 Å². The van der Waals surface area contributed by atoms with Crippen molar-refractivity contribution in [3.63, 3.8) is 0 Å². The van der Waals surface area contributed by atoms with E-state index < -0.39 is 0 Å². The predicted octanol–water partition coefficient (Wildman–Crippen LogP) is 4.42. The van der Waals surface area contributed by atoms with Gasteiger partial charge in [-0.05, 0) is 60.3 Å². The molecule has 0 spiro atoms. The van der Waals surface area contributed by atoms with E-state index in [1.165, 1.54) is 31.4 Å². The Morgan fingerprint density at radius 2 is 2.17 bits per heavy atom. The summed E-state index contributed by atoms with van der Waals surface area (Å²) in [4.78, 5) is 13.9. The van der Waals surface area contributed by atoms with Gasteiger partial charge in [-0.3, -0.25) is 4.79 Å². The molecule has 2 rings (SSSR count). The third-order valence-electron chi connectivity index (χ3n) is 3.40. The molecule has 1 fully saturated rings. The molecule has 1 aromatic rings. The molecule has 1 saturated carbocycles. The van der Waals surface area contributed by atoms with Crippen LogP contribution in [-0.4, -0.2) is 18.4 Å². The minimum absolute atomic E-state index is 0.111. The van der Waals surface area contributed by atoms with Gasteiger partial charge in [0.05, 0.1) is 0 Å². The number of hydrogen-bond donors (Lipinski definition) is 0. The number of halogens is 1. The summed E-state index contributed by atoms with van der Waals surface area (Å²) < 4.78 is 0.912. The fraction of sp³-hybridized carbons (Fsp3) is 0.533. The van der Waals surface area contributed by atoms with E-state index >= 15 is 0 Å². The van der Waals surface area contributed by atoms with Crippen LogP contribution in [0.3, 0.4) is 0 Å². The molecule has 0 aromatic heterocycles. The molecular weight excluding hydrogens is 290 g/mol. The number of ketones is 1. The number of carbonyl (C=O) groups excluding carboxylic acids is 1. The molecule has 18 heavy (non-hydrogen) atoms. The Morgan fingerprint density at radius 3 is 2.67 bits per heavy atom. The van der Waals surface area contributed by atoms with Crippen LogP contribution < -0.4 is 4.90 Å². The van der Waals surface area contributed by atoms with Gasteiger partial charge in [-0.1, -0.05) is 13.3 Å². The van der Waals surface area contributed by atoms with Crippen molar-refractivity contribution in [3.8, 4) is 0 Å². The molecule has 0 N–H and O–H groups in total. The van der Waals surface area contributed by atoms with Crippen LogP contribution in [0.15, 0.2) is 22.7 Å². The average molecular weight is 310 g/mol. The van der Waals surface area contributed by atoms with Gasteiger partial charge in [-0.25, -0.2) is 0 Å². The lowest BCUT2D eigenvalue weighted by Crippen LogP contribution is -2.26. The van der Waals surface area contributed by atoms with Gasteiger partial charge in [0.25, 0.3) is 0 Å². The molecule has 0 amide bonds. The quantitative estimate of drug-likeness (QED) is 0.725. The van der Waals surface area contributed by atoms with Gasteiger partial charge in [-0.2, -0.15) is 0 Å². The summed E-state index contributed by atoms with van der Waals surface area (Å²) in [7, 11) is 0. The topological polar surface area (TPSA) is 20.3 Å². The predicted molar refractivity (Wildman–Crippen MR) is 79.4 cm³/mol.